The number of benzene rings is 2. The lowest BCUT2D eigenvalue weighted by Crippen LogP contribution is -2.52. The summed E-state index contributed by atoms with van der Waals surface area (Å²) in [5, 5.41) is 0. The van der Waals surface area contributed by atoms with Gasteiger partial charge in [0.1, 0.15) is 5.82 Å². The minimum atomic E-state index is -0.396. The Labute approximate surface area is 158 Å². The second-order valence-corrected chi connectivity index (χ2v) is 7.07. The number of hydrogen-bond acceptors (Lipinski definition) is 4. The van der Waals surface area contributed by atoms with Gasteiger partial charge in [-0.3, -0.25) is 14.5 Å². The summed E-state index contributed by atoms with van der Waals surface area (Å²) in [6, 6.07) is 13.5. The number of imide groups is 1. The van der Waals surface area contributed by atoms with Crippen LogP contribution in [-0.2, 0) is 9.59 Å². The number of nitrogens with zero attached hydrogens (tertiary/aromatic N) is 3. The van der Waals surface area contributed by atoms with Gasteiger partial charge in [0.25, 0.3) is 5.91 Å². The number of piperazine rings is 1. The molecule has 2 aromatic rings. The van der Waals surface area contributed by atoms with Crippen molar-refractivity contribution in [2.45, 2.75) is 19.4 Å². The number of para-hydroxylation sites is 1. The summed E-state index contributed by atoms with van der Waals surface area (Å²) < 4.78 is 13.1. The van der Waals surface area contributed by atoms with Crippen LogP contribution in [0.15, 0.2) is 48.5 Å². The van der Waals surface area contributed by atoms with E-state index in [0.717, 1.165) is 24.3 Å². The maximum Gasteiger partial charge on any atom is 0.251 e. The molecule has 1 unspecified atom stereocenters. The number of anilines is 2. The van der Waals surface area contributed by atoms with Crippen LogP contribution in [0.1, 0.15) is 12.0 Å². The molecular formula is C21H22FN3O2. The summed E-state index contributed by atoms with van der Waals surface area (Å²) in [4.78, 5) is 31.1. The minimum Gasteiger partial charge on any atom is -0.369 e. The lowest BCUT2D eigenvalue weighted by molar-refractivity contribution is -0.123. The molecule has 4 rings (SSSR count). The van der Waals surface area contributed by atoms with Crippen molar-refractivity contribution in [3.8, 4) is 0 Å². The van der Waals surface area contributed by atoms with E-state index in [1.54, 1.807) is 12.1 Å². The van der Waals surface area contributed by atoms with Gasteiger partial charge in [0.2, 0.25) is 5.91 Å². The fourth-order valence-electron chi connectivity index (χ4n) is 3.91. The van der Waals surface area contributed by atoms with Crippen LogP contribution in [-0.4, -0.2) is 48.9 Å². The quantitative estimate of drug-likeness (QED) is 0.783. The number of halogens is 1. The maximum absolute atomic E-state index is 13.1. The molecule has 0 saturated carbocycles. The number of amides is 2. The molecule has 0 bridgehead atoms. The highest BCUT2D eigenvalue weighted by atomic mass is 19.1. The van der Waals surface area contributed by atoms with Crippen LogP contribution in [0.5, 0.6) is 0 Å². The van der Waals surface area contributed by atoms with Gasteiger partial charge < -0.3 is 4.90 Å². The molecule has 1 atom stereocenters. The molecule has 2 aromatic carbocycles. The van der Waals surface area contributed by atoms with Gasteiger partial charge in [0, 0.05) is 31.9 Å². The number of carbonyl (C=O) groups is 2. The molecule has 0 N–H and O–H groups in total. The van der Waals surface area contributed by atoms with Crippen molar-refractivity contribution in [3.05, 3.63) is 59.9 Å². The zero-order valence-electron chi connectivity index (χ0n) is 15.3. The summed E-state index contributed by atoms with van der Waals surface area (Å²) in [6.45, 7) is 4.79. The third-order valence-corrected chi connectivity index (χ3v) is 5.43. The Morgan fingerprint density at radius 1 is 0.926 bits per heavy atom. The Balaban J connectivity index is 1.45. The van der Waals surface area contributed by atoms with Crippen LogP contribution in [0.3, 0.4) is 0 Å². The van der Waals surface area contributed by atoms with Crippen LogP contribution in [0.2, 0.25) is 0 Å². The van der Waals surface area contributed by atoms with Gasteiger partial charge in [0.15, 0.2) is 0 Å². The number of hydrogen-bond donors (Lipinski definition) is 0. The predicted molar refractivity (Wildman–Crippen MR) is 102 cm³/mol. The lowest BCUT2D eigenvalue weighted by atomic mass is 10.1. The molecule has 140 valence electrons. The molecule has 2 aliphatic heterocycles. The molecule has 0 radical (unpaired) electrons. The molecule has 2 heterocycles. The van der Waals surface area contributed by atoms with Crippen LogP contribution < -0.4 is 9.80 Å². The summed E-state index contributed by atoms with van der Waals surface area (Å²) in [5.74, 6) is -0.520. The van der Waals surface area contributed by atoms with Crippen LogP contribution in [0.25, 0.3) is 0 Å². The third kappa shape index (κ3) is 3.32. The number of aryl methyl sites for hydroxylation is 1. The van der Waals surface area contributed by atoms with Crippen molar-refractivity contribution in [2.24, 2.45) is 0 Å². The molecule has 5 nitrogen and oxygen atoms in total. The molecule has 6 heteroatoms. The summed E-state index contributed by atoms with van der Waals surface area (Å²) in [5.41, 5.74) is 2.58. The Kier molecular flexibility index (Phi) is 4.66. The van der Waals surface area contributed by atoms with Crippen LogP contribution in [0, 0.1) is 12.7 Å². The third-order valence-electron chi connectivity index (χ3n) is 5.43. The largest absolute Gasteiger partial charge is 0.369 e. The van der Waals surface area contributed by atoms with E-state index in [4.69, 9.17) is 0 Å². The van der Waals surface area contributed by atoms with Crippen molar-refractivity contribution < 1.29 is 14.0 Å². The Bertz CT molecular complexity index is 860. The molecule has 27 heavy (non-hydrogen) atoms. The average Bonchev–Trinajstić information content (AvgIpc) is 2.97. The topological polar surface area (TPSA) is 43.9 Å². The monoisotopic (exact) mass is 367 g/mol. The minimum absolute atomic E-state index is 0.135. The molecule has 2 fully saturated rings. The predicted octanol–water partition coefficient (Wildman–Crippen LogP) is 2.59. The van der Waals surface area contributed by atoms with E-state index < -0.39 is 6.04 Å². The van der Waals surface area contributed by atoms with Gasteiger partial charge in [0.05, 0.1) is 18.2 Å². The first kappa shape index (κ1) is 17.7. The SMILES string of the molecule is Cc1ccccc1N1C(=O)CC(N2CCN(c3ccc(F)cc3)CC2)C1=O. The summed E-state index contributed by atoms with van der Waals surface area (Å²) in [6.07, 6.45) is 0.226. The molecule has 2 amide bonds. The molecule has 0 aliphatic carbocycles. The van der Waals surface area contributed by atoms with Crippen LogP contribution in [0.4, 0.5) is 15.8 Å². The Morgan fingerprint density at radius 3 is 2.26 bits per heavy atom. The van der Waals surface area contributed by atoms with E-state index in [-0.39, 0.29) is 24.1 Å². The first-order chi connectivity index (χ1) is 13.0. The standard InChI is InChI=1S/C21H22FN3O2/c1-15-4-2-3-5-18(15)25-20(26)14-19(21(25)27)24-12-10-23(11-13-24)17-8-6-16(22)7-9-17/h2-9,19H,10-14H2,1H3. The molecule has 0 spiro atoms. The molecular weight excluding hydrogens is 345 g/mol. The lowest BCUT2D eigenvalue weighted by Gasteiger charge is -2.38. The summed E-state index contributed by atoms with van der Waals surface area (Å²) in [7, 11) is 0. The van der Waals surface area contributed by atoms with E-state index in [0.29, 0.717) is 18.8 Å². The highest BCUT2D eigenvalue weighted by Gasteiger charge is 2.43. The molecule has 0 aromatic heterocycles. The van der Waals surface area contributed by atoms with Gasteiger partial charge >= 0.3 is 0 Å². The molecule has 2 aliphatic rings. The van der Waals surface area contributed by atoms with E-state index in [1.807, 2.05) is 31.2 Å². The zero-order valence-corrected chi connectivity index (χ0v) is 15.3. The average molecular weight is 367 g/mol. The highest BCUT2D eigenvalue weighted by Crippen LogP contribution is 2.29. The van der Waals surface area contributed by atoms with E-state index in [1.165, 1.54) is 17.0 Å². The second-order valence-electron chi connectivity index (χ2n) is 7.07. The van der Waals surface area contributed by atoms with Crippen molar-refractivity contribution in [1.29, 1.82) is 0 Å². The van der Waals surface area contributed by atoms with E-state index in [2.05, 4.69) is 9.80 Å². The number of rotatable bonds is 3. The Hall–Kier alpha value is -2.73. The van der Waals surface area contributed by atoms with E-state index in [9.17, 15) is 14.0 Å². The smallest absolute Gasteiger partial charge is 0.251 e. The number of carbonyl (C=O) groups excluding carboxylic acids is 2. The molecule has 2 saturated heterocycles. The summed E-state index contributed by atoms with van der Waals surface area (Å²) >= 11 is 0. The normalized spacial score (nSPS) is 21.2. The Morgan fingerprint density at radius 2 is 1.59 bits per heavy atom. The fourth-order valence-corrected chi connectivity index (χ4v) is 3.91. The van der Waals surface area contributed by atoms with E-state index >= 15 is 0 Å². The van der Waals surface area contributed by atoms with Crippen molar-refractivity contribution in [1.82, 2.24) is 4.90 Å². The van der Waals surface area contributed by atoms with Gasteiger partial charge in [-0.25, -0.2) is 9.29 Å². The van der Waals surface area contributed by atoms with Crippen molar-refractivity contribution in [2.75, 3.05) is 36.0 Å². The first-order valence-electron chi connectivity index (χ1n) is 9.21. The van der Waals surface area contributed by atoms with Crippen molar-refractivity contribution in [3.63, 3.8) is 0 Å². The first-order valence-corrected chi connectivity index (χ1v) is 9.21. The van der Waals surface area contributed by atoms with Gasteiger partial charge in [-0.05, 0) is 42.8 Å². The van der Waals surface area contributed by atoms with Gasteiger partial charge in [-0.1, -0.05) is 18.2 Å². The second kappa shape index (κ2) is 7.12. The maximum atomic E-state index is 13.1. The fraction of sp³-hybridized carbons (Fsp3) is 0.333. The highest BCUT2D eigenvalue weighted by molar-refractivity contribution is 6.22. The van der Waals surface area contributed by atoms with Gasteiger partial charge in [-0.15, -0.1) is 0 Å². The zero-order chi connectivity index (χ0) is 19.0. The van der Waals surface area contributed by atoms with Crippen molar-refractivity contribution >= 4 is 23.2 Å². The van der Waals surface area contributed by atoms with Gasteiger partial charge in [-0.2, -0.15) is 0 Å². The van der Waals surface area contributed by atoms with Crippen LogP contribution >= 0.6 is 0 Å².